The Morgan fingerprint density at radius 2 is 2.00 bits per heavy atom. The number of rotatable bonds is 8. The Bertz CT molecular complexity index is 939. The Morgan fingerprint density at radius 3 is 2.52 bits per heavy atom. The van der Waals surface area contributed by atoms with Gasteiger partial charge in [0.05, 0.1) is 18.0 Å². The van der Waals surface area contributed by atoms with E-state index in [9.17, 15) is 13.2 Å². The van der Waals surface area contributed by atoms with Gasteiger partial charge in [-0.05, 0) is 30.3 Å². The molecule has 0 aliphatic rings. The molecule has 9 heteroatoms. The van der Waals surface area contributed by atoms with Gasteiger partial charge in [-0.3, -0.25) is 4.79 Å². The Kier molecular flexibility index (Phi) is 7.05. The van der Waals surface area contributed by atoms with Gasteiger partial charge >= 0.3 is 0 Å². The fraction of sp³-hybridized carbons (Fsp3) is 0.278. The van der Waals surface area contributed by atoms with Gasteiger partial charge in [0.15, 0.2) is 0 Å². The molecule has 1 heterocycles. The van der Waals surface area contributed by atoms with Crippen LogP contribution in [0, 0.1) is 0 Å². The van der Waals surface area contributed by atoms with Gasteiger partial charge in [0.1, 0.15) is 10.6 Å². The number of carbonyl (C=O) groups is 1. The molecule has 0 spiro atoms. The van der Waals surface area contributed by atoms with Gasteiger partial charge in [-0.1, -0.05) is 17.7 Å². The molecule has 0 aliphatic carbocycles. The Morgan fingerprint density at radius 1 is 1.30 bits per heavy atom. The number of hydrogen-bond donors (Lipinski definition) is 0. The van der Waals surface area contributed by atoms with E-state index in [2.05, 4.69) is 6.58 Å². The second-order valence-corrected chi connectivity index (χ2v) is 9.75. The summed E-state index contributed by atoms with van der Waals surface area (Å²) in [5.74, 6) is -0.127. The Hall–Kier alpha value is -1.87. The molecule has 27 heavy (non-hydrogen) atoms. The lowest BCUT2D eigenvalue weighted by Gasteiger charge is -2.21. The first-order chi connectivity index (χ1) is 12.7. The van der Waals surface area contributed by atoms with E-state index in [1.165, 1.54) is 44.7 Å². The molecule has 2 rings (SSSR count). The molecule has 0 saturated heterocycles. The van der Waals surface area contributed by atoms with Gasteiger partial charge in [-0.2, -0.15) is 0 Å². The third-order valence-electron chi connectivity index (χ3n) is 3.78. The molecular weight excluding hydrogens is 408 g/mol. The average Bonchev–Trinajstić information content (AvgIpc) is 3.04. The third-order valence-corrected chi connectivity index (χ3v) is 6.83. The zero-order valence-electron chi connectivity index (χ0n) is 15.3. The van der Waals surface area contributed by atoms with Crippen LogP contribution in [0.5, 0.6) is 5.75 Å². The van der Waals surface area contributed by atoms with Crippen molar-refractivity contribution in [1.82, 2.24) is 9.21 Å². The molecule has 2 aromatic rings. The first-order valence-electron chi connectivity index (χ1n) is 7.95. The van der Waals surface area contributed by atoms with Crippen LogP contribution in [0.2, 0.25) is 4.34 Å². The van der Waals surface area contributed by atoms with Crippen LogP contribution in [0.25, 0.3) is 0 Å². The molecular formula is C18H21ClN2O4S2. The first-order valence-corrected chi connectivity index (χ1v) is 10.6. The molecule has 0 N–H and O–H groups in total. The highest BCUT2D eigenvalue weighted by Crippen LogP contribution is 2.28. The van der Waals surface area contributed by atoms with E-state index in [-0.39, 0.29) is 22.1 Å². The van der Waals surface area contributed by atoms with Crippen molar-refractivity contribution in [3.8, 4) is 5.75 Å². The van der Waals surface area contributed by atoms with Gasteiger partial charge in [0.2, 0.25) is 10.0 Å². The van der Waals surface area contributed by atoms with Crippen LogP contribution in [0.1, 0.15) is 15.2 Å². The molecule has 0 aliphatic heterocycles. The topological polar surface area (TPSA) is 66.9 Å². The summed E-state index contributed by atoms with van der Waals surface area (Å²) < 4.78 is 32.0. The number of nitrogens with zero attached hydrogens (tertiary/aromatic N) is 2. The zero-order chi connectivity index (χ0) is 20.2. The fourth-order valence-electron chi connectivity index (χ4n) is 2.39. The van der Waals surface area contributed by atoms with E-state index in [4.69, 9.17) is 16.3 Å². The van der Waals surface area contributed by atoms with Crippen LogP contribution in [-0.2, 0) is 16.6 Å². The third kappa shape index (κ3) is 4.90. The second kappa shape index (κ2) is 8.88. The summed E-state index contributed by atoms with van der Waals surface area (Å²) in [5.41, 5.74) is 0.251. The van der Waals surface area contributed by atoms with Crippen molar-refractivity contribution in [3.05, 3.63) is 57.8 Å². The summed E-state index contributed by atoms with van der Waals surface area (Å²) in [7, 11) is 0.467. The van der Waals surface area contributed by atoms with Crippen molar-refractivity contribution in [3.63, 3.8) is 0 Å². The molecule has 0 atom stereocenters. The molecule has 1 aromatic carbocycles. The molecule has 0 fully saturated rings. The average molecular weight is 429 g/mol. The monoisotopic (exact) mass is 428 g/mol. The summed E-state index contributed by atoms with van der Waals surface area (Å²) in [6, 6.07) is 8.00. The van der Waals surface area contributed by atoms with Crippen molar-refractivity contribution >= 4 is 38.9 Å². The quantitative estimate of drug-likeness (QED) is 0.603. The lowest BCUT2D eigenvalue weighted by Crippen LogP contribution is -2.31. The van der Waals surface area contributed by atoms with E-state index >= 15 is 0 Å². The van der Waals surface area contributed by atoms with Gasteiger partial charge < -0.3 is 9.64 Å². The molecule has 0 unspecified atom stereocenters. The maximum Gasteiger partial charge on any atom is 0.254 e. The molecule has 0 radical (unpaired) electrons. The normalized spacial score (nSPS) is 11.4. The smallest absolute Gasteiger partial charge is 0.254 e. The van der Waals surface area contributed by atoms with Gasteiger partial charge in [-0.25, -0.2) is 12.7 Å². The van der Waals surface area contributed by atoms with Gasteiger partial charge in [0.25, 0.3) is 5.91 Å². The van der Waals surface area contributed by atoms with Crippen molar-refractivity contribution in [2.45, 2.75) is 11.4 Å². The van der Waals surface area contributed by atoms with Gasteiger partial charge in [-0.15, -0.1) is 17.9 Å². The highest BCUT2D eigenvalue weighted by Gasteiger charge is 2.25. The summed E-state index contributed by atoms with van der Waals surface area (Å²) in [6.07, 6.45) is 1.62. The molecule has 0 saturated carbocycles. The van der Waals surface area contributed by atoms with Crippen LogP contribution >= 0.6 is 22.9 Å². The summed E-state index contributed by atoms with van der Waals surface area (Å²) >= 11 is 7.35. The number of sulfonamides is 1. The van der Waals surface area contributed by atoms with E-state index in [0.717, 1.165) is 9.18 Å². The molecule has 1 aromatic heterocycles. The van der Waals surface area contributed by atoms with E-state index in [0.29, 0.717) is 17.4 Å². The minimum Gasteiger partial charge on any atom is -0.495 e. The minimum atomic E-state index is -3.77. The van der Waals surface area contributed by atoms with Crippen LogP contribution in [0.3, 0.4) is 0 Å². The molecule has 146 valence electrons. The highest BCUT2D eigenvalue weighted by molar-refractivity contribution is 7.89. The number of benzene rings is 1. The Balaban J connectivity index is 2.42. The largest absolute Gasteiger partial charge is 0.495 e. The van der Waals surface area contributed by atoms with Crippen molar-refractivity contribution < 1.29 is 17.9 Å². The Labute approximate surface area is 168 Å². The zero-order valence-corrected chi connectivity index (χ0v) is 17.7. The minimum absolute atomic E-state index is 0.0569. The van der Waals surface area contributed by atoms with Crippen molar-refractivity contribution in [2.75, 3.05) is 27.7 Å². The number of ether oxygens (including phenoxy) is 1. The summed E-state index contributed by atoms with van der Waals surface area (Å²) in [6.45, 7) is 4.36. The van der Waals surface area contributed by atoms with E-state index in [1.807, 2.05) is 6.07 Å². The lowest BCUT2D eigenvalue weighted by molar-refractivity contribution is 0.0764. The summed E-state index contributed by atoms with van der Waals surface area (Å²) in [4.78, 5) is 15.4. The number of thiophene rings is 1. The number of amides is 1. The molecule has 6 nitrogen and oxygen atoms in total. The first kappa shape index (κ1) is 21.4. The summed E-state index contributed by atoms with van der Waals surface area (Å²) in [5, 5.41) is 0. The second-order valence-electron chi connectivity index (χ2n) is 5.83. The van der Waals surface area contributed by atoms with Gasteiger partial charge in [0, 0.05) is 31.1 Å². The van der Waals surface area contributed by atoms with E-state index in [1.54, 1.807) is 23.1 Å². The van der Waals surface area contributed by atoms with E-state index < -0.39 is 10.0 Å². The van der Waals surface area contributed by atoms with Crippen LogP contribution in [0.4, 0.5) is 0 Å². The standard InChI is InChI=1S/C18H21ClN2O4S2/c1-5-10-21(12-14-7-9-17(19)26-14)18(22)13-6-8-15(25-4)16(11-13)27(23,24)20(2)3/h5-9,11H,1,10,12H2,2-4H3. The molecule has 0 bridgehead atoms. The fourth-order valence-corrected chi connectivity index (χ4v) is 4.57. The number of hydrogen-bond acceptors (Lipinski definition) is 5. The highest BCUT2D eigenvalue weighted by atomic mass is 35.5. The number of carbonyl (C=O) groups excluding carboxylic acids is 1. The lowest BCUT2D eigenvalue weighted by atomic mass is 10.2. The SMILES string of the molecule is C=CCN(Cc1ccc(Cl)s1)C(=O)c1ccc(OC)c(S(=O)(=O)N(C)C)c1. The molecule has 1 amide bonds. The maximum absolute atomic E-state index is 13.0. The predicted octanol–water partition coefficient (Wildman–Crippen LogP) is 3.49. The van der Waals surface area contributed by atoms with Crippen molar-refractivity contribution in [1.29, 1.82) is 0 Å². The van der Waals surface area contributed by atoms with Crippen LogP contribution in [0.15, 0.2) is 47.9 Å². The van der Waals surface area contributed by atoms with Crippen LogP contribution in [-0.4, -0.2) is 51.3 Å². The number of methoxy groups -OCH3 is 1. The maximum atomic E-state index is 13.0. The van der Waals surface area contributed by atoms with Crippen molar-refractivity contribution in [2.24, 2.45) is 0 Å². The van der Waals surface area contributed by atoms with Crippen LogP contribution < -0.4 is 4.74 Å². The number of halogens is 1. The predicted molar refractivity (Wildman–Crippen MR) is 108 cm³/mol.